The Balaban J connectivity index is 1.34. The summed E-state index contributed by atoms with van der Waals surface area (Å²) in [6.07, 6.45) is 6.64. The van der Waals surface area contributed by atoms with Crippen molar-refractivity contribution in [1.29, 1.82) is 0 Å². The number of carbonyl (C=O) groups excluding carboxylic acids is 2. The van der Waals surface area contributed by atoms with Crippen LogP contribution in [0.25, 0.3) is 0 Å². The minimum absolute atomic E-state index is 0.0788. The lowest BCUT2D eigenvalue weighted by Crippen LogP contribution is -2.49. The van der Waals surface area contributed by atoms with Crippen molar-refractivity contribution in [2.75, 3.05) is 33.3 Å². The van der Waals surface area contributed by atoms with E-state index in [1.165, 1.54) is 12.8 Å². The van der Waals surface area contributed by atoms with E-state index in [0.29, 0.717) is 34.9 Å². The second-order valence-corrected chi connectivity index (χ2v) is 11.1. The number of halogens is 1. The van der Waals surface area contributed by atoms with Gasteiger partial charge in [-0.25, -0.2) is 4.79 Å². The Morgan fingerprint density at radius 2 is 1.88 bits per heavy atom. The Hall–Kier alpha value is -1.95. The molecule has 1 spiro atoms. The number of nitrogens with zero attached hydrogens (tertiary/aromatic N) is 2. The van der Waals surface area contributed by atoms with E-state index < -0.39 is 5.60 Å². The summed E-state index contributed by atoms with van der Waals surface area (Å²) in [5, 5.41) is 0.427. The largest absolute Gasteiger partial charge is 0.494 e. The zero-order chi connectivity index (χ0) is 24.2. The molecule has 2 fully saturated rings. The Morgan fingerprint density at radius 1 is 1.21 bits per heavy atom. The van der Waals surface area contributed by atoms with E-state index >= 15 is 0 Å². The Kier molecular flexibility index (Phi) is 8.20. The Morgan fingerprint density at radius 3 is 2.45 bits per heavy atom. The molecule has 184 valence electrons. The normalized spacial score (nSPS) is 18.1. The first-order valence-corrected chi connectivity index (χ1v) is 12.6. The highest BCUT2D eigenvalue weighted by Crippen LogP contribution is 2.54. The van der Waals surface area contributed by atoms with E-state index in [9.17, 15) is 9.59 Å². The second kappa shape index (κ2) is 10.5. The molecule has 0 unspecified atom stereocenters. The molecule has 0 atom stereocenters. The highest BCUT2D eigenvalue weighted by atomic mass is 35.5. The molecule has 1 heterocycles. The van der Waals surface area contributed by atoms with Gasteiger partial charge in [0.05, 0.1) is 17.2 Å². The van der Waals surface area contributed by atoms with Gasteiger partial charge >= 0.3 is 6.09 Å². The molecule has 0 aromatic heterocycles. The molecule has 1 aliphatic heterocycles. The molecule has 7 heteroatoms. The van der Waals surface area contributed by atoms with Crippen molar-refractivity contribution in [3.05, 3.63) is 28.8 Å². The molecule has 0 N–H and O–H groups in total. The zero-order valence-corrected chi connectivity index (χ0v) is 21.5. The van der Waals surface area contributed by atoms with Crippen LogP contribution < -0.4 is 4.74 Å². The van der Waals surface area contributed by atoms with E-state index in [4.69, 9.17) is 21.1 Å². The van der Waals surface area contributed by atoms with Gasteiger partial charge in [0.25, 0.3) is 5.91 Å². The molecular weight excluding hydrogens is 440 g/mol. The maximum Gasteiger partial charge on any atom is 0.410 e. The summed E-state index contributed by atoms with van der Waals surface area (Å²) in [5.41, 5.74) is 0.490. The number of amides is 2. The van der Waals surface area contributed by atoms with Gasteiger partial charge in [-0.1, -0.05) is 11.6 Å². The minimum atomic E-state index is -0.438. The molecule has 1 aromatic rings. The SMILES string of the molecule is CCN(C)C(=O)c1ccc(OCCCC2CC3(CCN(C(=O)OC(C)(C)C)CC3)C2)cc1Cl. The molecule has 2 aliphatic rings. The number of ether oxygens (including phenoxy) is 2. The molecule has 1 saturated carbocycles. The van der Waals surface area contributed by atoms with Crippen LogP contribution >= 0.6 is 11.6 Å². The van der Waals surface area contributed by atoms with Crippen molar-refractivity contribution < 1.29 is 19.1 Å². The fraction of sp³-hybridized carbons (Fsp3) is 0.692. The van der Waals surface area contributed by atoms with E-state index in [1.54, 1.807) is 24.1 Å². The maximum absolute atomic E-state index is 12.3. The Labute approximate surface area is 203 Å². The van der Waals surface area contributed by atoms with Gasteiger partial charge in [-0.05, 0) is 95.8 Å². The van der Waals surface area contributed by atoms with Crippen molar-refractivity contribution in [2.24, 2.45) is 11.3 Å². The summed E-state index contributed by atoms with van der Waals surface area (Å²) >= 11 is 6.30. The summed E-state index contributed by atoms with van der Waals surface area (Å²) < 4.78 is 11.4. The summed E-state index contributed by atoms with van der Waals surface area (Å²) in [7, 11) is 1.76. The van der Waals surface area contributed by atoms with Crippen molar-refractivity contribution in [3.63, 3.8) is 0 Å². The number of hydrogen-bond acceptors (Lipinski definition) is 4. The second-order valence-electron chi connectivity index (χ2n) is 10.7. The van der Waals surface area contributed by atoms with E-state index in [2.05, 4.69) is 0 Å². The predicted molar refractivity (Wildman–Crippen MR) is 131 cm³/mol. The molecule has 2 amide bonds. The topological polar surface area (TPSA) is 59.1 Å². The fourth-order valence-corrected chi connectivity index (χ4v) is 5.19. The van der Waals surface area contributed by atoms with Crippen LogP contribution in [0.3, 0.4) is 0 Å². The van der Waals surface area contributed by atoms with Crippen LogP contribution in [0.1, 0.15) is 76.6 Å². The lowest BCUT2D eigenvalue weighted by Gasteiger charge is -2.52. The summed E-state index contributed by atoms with van der Waals surface area (Å²) in [6, 6.07) is 5.29. The van der Waals surface area contributed by atoms with Crippen LogP contribution in [-0.2, 0) is 4.74 Å². The number of benzene rings is 1. The number of hydrogen-bond donors (Lipinski definition) is 0. The minimum Gasteiger partial charge on any atom is -0.494 e. The third-order valence-corrected chi connectivity index (χ3v) is 7.25. The van der Waals surface area contributed by atoms with Gasteiger partial charge in [0.15, 0.2) is 0 Å². The first-order valence-electron chi connectivity index (χ1n) is 12.2. The third kappa shape index (κ3) is 6.78. The number of piperidine rings is 1. The average molecular weight is 479 g/mol. The quantitative estimate of drug-likeness (QED) is 0.449. The van der Waals surface area contributed by atoms with Crippen molar-refractivity contribution in [3.8, 4) is 5.75 Å². The van der Waals surface area contributed by atoms with Crippen molar-refractivity contribution in [1.82, 2.24) is 9.80 Å². The maximum atomic E-state index is 12.3. The molecule has 1 aliphatic carbocycles. The number of rotatable bonds is 7. The molecule has 3 rings (SSSR count). The highest BCUT2D eigenvalue weighted by molar-refractivity contribution is 6.34. The standard InChI is InChI=1S/C26H39ClN2O4/c1-6-28(5)23(30)21-10-9-20(16-22(21)27)32-15-7-8-19-17-26(18-19)11-13-29(14-12-26)24(31)33-25(2,3)4/h9-10,16,19H,6-8,11-15,17-18H2,1-5H3. The van der Waals surface area contributed by atoms with Gasteiger partial charge in [0.2, 0.25) is 0 Å². The zero-order valence-electron chi connectivity index (χ0n) is 20.8. The fourth-order valence-electron chi connectivity index (χ4n) is 4.94. The lowest BCUT2D eigenvalue weighted by molar-refractivity contribution is -0.0301. The van der Waals surface area contributed by atoms with Crippen LogP contribution in [0.15, 0.2) is 18.2 Å². The van der Waals surface area contributed by atoms with Gasteiger partial charge < -0.3 is 19.3 Å². The molecule has 0 radical (unpaired) electrons. The van der Waals surface area contributed by atoms with E-state index in [0.717, 1.165) is 44.7 Å². The molecular formula is C26H39ClN2O4. The summed E-state index contributed by atoms with van der Waals surface area (Å²) in [6.45, 7) is 10.6. The Bertz CT molecular complexity index is 835. The van der Waals surface area contributed by atoms with E-state index in [-0.39, 0.29) is 12.0 Å². The van der Waals surface area contributed by atoms with E-state index in [1.807, 2.05) is 38.7 Å². The van der Waals surface area contributed by atoms with Crippen LogP contribution in [-0.4, -0.2) is 60.7 Å². The summed E-state index contributed by atoms with van der Waals surface area (Å²) in [5.74, 6) is 1.37. The molecule has 1 aromatic carbocycles. The first-order chi connectivity index (χ1) is 15.5. The van der Waals surface area contributed by atoms with Gasteiger partial charge in [-0.3, -0.25) is 4.79 Å². The van der Waals surface area contributed by atoms with Gasteiger partial charge in [-0.2, -0.15) is 0 Å². The lowest BCUT2D eigenvalue weighted by atomic mass is 9.56. The van der Waals surface area contributed by atoms with Gasteiger partial charge in [-0.15, -0.1) is 0 Å². The van der Waals surface area contributed by atoms with Crippen LogP contribution in [0, 0.1) is 11.3 Å². The summed E-state index contributed by atoms with van der Waals surface area (Å²) in [4.78, 5) is 28.1. The number of carbonyl (C=O) groups is 2. The molecule has 6 nitrogen and oxygen atoms in total. The average Bonchev–Trinajstić information content (AvgIpc) is 2.73. The third-order valence-electron chi connectivity index (χ3n) is 6.94. The van der Waals surface area contributed by atoms with Gasteiger partial charge in [0, 0.05) is 26.7 Å². The first kappa shape index (κ1) is 25.7. The molecule has 0 bridgehead atoms. The van der Waals surface area contributed by atoms with Gasteiger partial charge in [0.1, 0.15) is 11.4 Å². The molecule has 1 saturated heterocycles. The molecule has 33 heavy (non-hydrogen) atoms. The van der Waals surface area contributed by atoms with Crippen molar-refractivity contribution in [2.45, 2.75) is 71.8 Å². The van der Waals surface area contributed by atoms with Crippen LogP contribution in [0.5, 0.6) is 5.75 Å². The smallest absolute Gasteiger partial charge is 0.410 e. The highest BCUT2D eigenvalue weighted by Gasteiger charge is 2.46. The predicted octanol–water partition coefficient (Wildman–Crippen LogP) is 6.02. The van der Waals surface area contributed by atoms with Crippen molar-refractivity contribution >= 4 is 23.6 Å². The van der Waals surface area contributed by atoms with Crippen LogP contribution in [0.2, 0.25) is 5.02 Å². The van der Waals surface area contributed by atoms with Crippen LogP contribution in [0.4, 0.5) is 4.79 Å². The number of likely N-dealkylation sites (tertiary alicyclic amines) is 1. The monoisotopic (exact) mass is 478 g/mol.